The predicted octanol–water partition coefficient (Wildman–Crippen LogP) is -0.273. The summed E-state index contributed by atoms with van der Waals surface area (Å²) in [5.41, 5.74) is 4.87. The van der Waals surface area contributed by atoms with Crippen LogP contribution in [0.4, 0.5) is 4.79 Å². The topological polar surface area (TPSA) is 93.5 Å². The Labute approximate surface area is 94.9 Å². The van der Waals surface area contributed by atoms with Crippen molar-refractivity contribution in [1.29, 1.82) is 0 Å². The Morgan fingerprint density at radius 1 is 1.50 bits per heavy atom. The van der Waals surface area contributed by atoms with Crippen LogP contribution in [-0.4, -0.2) is 36.7 Å². The number of carbonyl (C=O) groups is 2. The minimum Gasteiger partial charge on any atom is -0.378 e. The monoisotopic (exact) mass is 229 g/mol. The van der Waals surface area contributed by atoms with E-state index in [0.717, 1.165) is 12.8 Å². The third-order valence-electron chi connectivity index (χ3n) is 2.61. The van der Waals surface area contributed by atoms with E-state index >= 15 is 0 Å². The van der Waals surface area contributed by atoms with Crippen molar-refractivity contribution < 1.29 is 14.3 Å². The van der Waals surface area contributed by atoms with E-state index in [0.29, 0.717) is 6.61 Å². The Balaban J connectivity index is 2.35. The van der Waals surface area contributed by atoms with E-state index in [4.69, 9.17) is 10.5 Å². The van der Waals surface area contributed by atoms with Gasteiger partial charge in [0.05, 0.1) is 12.1 Å². The van der Waals surface area contributed by atoms with E-state index in [1.54, 1.807) is 6.92 Å². The molecule has 1 fully saturated rings. The van der Waals surface area contributed by atoms with Gasteiger partial charge in [0.25, 0.3) is 0 Å². The maximum Gasteiger partial charge on any atom is 0.318 e. The number of nitrogens with two attached hydrogens (primary N) is 1. The second-order valence-corrected chi connectivity index (χ2v) is 4.14. The second-order valence-electron chi connectivity index (χ2n) is 4.14. The van der Waals surface area contributed by atoms with Crippen molar-refractivity contribution >= 4 is 11.9 Å². The summed E-state index contributed by atoms with van der Waals surface area (Å²) in [7, 11) is 0. The minimum absolute atomic E-state index is 0.206. The van der Waals surface area contributed by atoms with Gasteiger partial charge in [-0.05, 0) is 26.7 Å². The highest BCUT2D eigenvalue weighted by molar-refractivity contribution is 5.96. The number of rotatable bonds is 3. The maximum absolute atomic E-state index is 11.4. The third-order valence-corrected chi connectivity index (χ3v) is 2.61. The highest BCUT2D eigenvalue weighted by Gasteiger charge is 2.23. The molecule has 0 aromatic rings. The molecular weight excluding hydrogens is 210 g/mol. The summed E-state index contributed by atoms with van der Waals surface area (Å²) in [5, 5.41) is 5.20. The summed E-state index contributed by atoms with van der Waals surface area (Å²) in [6.45, 7) is 4.41. The number of amides is 3. The van der Waals surface area contributed by atoms with Crippen molar-refractivity contribution in [3.05, 3.63) is 0 Å². The first kappa shape index (κ1) is 12.9. The van der Waals surface area contributed by atoms with Gasteiger partial charge in [-0.2, -0.15) is 0 Å². The number of hydrogen-bond acceptors (Lipinski definition) is 4. The van der Waals surface area contributed by atoms with Crippen LogP contribution in [-0.2, 0) is 9.53 Å². The molecule has 1 heterocycles. The Kier molecular flexibility index (Phi) is 4.70. The Morgan fingerprint density at radius 2 is 2.19 bits per heavy atom. The van der Waals surface area contributed by atoms with Gasteiger partial charge in [0, 0.05) is 12.6 Å². The molecule has 0 aromatic heterocycles. The summed E-state index contributed by atoms with van der Waals surface area (Å²) in [5.74, 6) is -0.397. The van der Waals surface area contributed by atoms with Gasteiger partial charge in [-0.1, -0.05) is 0 Å². The maximum atomic E-state index is 11.4. The predicted molar refractivity (Wildman–Crippen MR) is 58.8 cm³/mol. The number of nitrogens with one attached hydrogen (secondary N) is 2. The van der Waals surface area contributed by atoms with Gasteiger partial charge in [-0.15, -0.1) is 0 Å². The summed E-state index contributed by atoms with van der Waals surface area (Å²) >= 11 is 0. The molecule has 6 nitrogen and oxygen atoms in total. The van der Waals surface area contributed by atoms with Crippen molar-refractivity contribution in [2.45, 2.75) is 44.9 Å². The van der Waals surface area contributed by atoms with E-state index in [2.05, 4.69) is 5.32 Å². The fraction of sp³-hybridized carbons (Fsp3) is 0.800. The Hall–Kier alpha value is -1.14. The normalized spacial score (nSPS) is 27.1. The number of carbonyl (C=O) groups excluding carboxylic acids is 2. The molecule has 3 atom stereocenters. The van der Waals surface area contributed by atoms with Gasteiger partial charge in [-0.25, -0.2) is 4.79 Å². The van der Waals surface area contributed by atoms with Crippen LogP contribution in [0, 0.1) is 0 Å². The van der Waals surface area contributed by atoms with Crippen molar-refractivity contribution in [3.63, 3.8) is 0 Å². The highest BCUT2D eigenvalue weighted by atomic mass is 16.5. The number of imide groups is 1. The molecule has 0 bridgehead atoms. The average molecular weight is 229 g/mol. The molecule has 1 aliphatic heterocycles. The largest absolute Gasteiger partial charge is 0.378 e. The summed E-state index contributed by atoms with van der Waals surface area (Å²) < 4.78 is 5.40. The molecule has 3 unspecified atom stereocenters. The van der Waals surface area contributed by atoms with Crippen LogP contribution in [0.1, 0.15) is 26.7 Å². The third kappa shape index (κ3) is 4.16. The lowest BCUT2D eigenvalue weighted by Gasteiger charge is -2.29. The summed E-state index contributed by atoms with van der Waals surface area (Å²) in [6, 6.07) is -1.00. The van der Waals surface area contributed by atoms with E-state index in [-0.39, 0.29) is 12.1 Å². The molecule has 0 saturated carbocycles. The molecule has 0 spiro atoms. The fourth-order valence-electron chi connectivity index (χ4n) is 1.81. The first-order valence-corrected chi connectivity index (χ1v) is 5.47. The molecule has 4 N–H and O–H groups in total. The van der Waals surface area contributed by atoms with Crippen LogP contribution in [0.25, 0.3) is 0 Å². The molecule has 3 amide bonds. The lowest BCUT2D eigenvalue weighted by Crippen LogP contribution is -2.51. The number of hydrogen-bond donors (Lipinski definition) is 3. The van der Waals surface area contributed by atoms with E-state index in [1.807, 2.05) is 12.2 Å². The number of urea groups is 1. The van der Waals surface area contributed by atoms with Crippen molar-refractivity contribution in [2.75, 3.05) is 6.61 Å². The van der Waals surface area contributed by atoms with Gasteiger partial charge in [-0.3, -0.25) is 10.1 Å². The Bertz CT molecular complexity index is 270. The molecule has 1 aliphatic rings. The van der Waals surface area contributed by atoms with Crippen LogP contribution in [0.3, 0.4) is 0 Å². The molecular formula is C10H19N3O3. The molecule has 0 aliphatic carbocycles. The fourth-order valence-corrected chi connectivity index (χ4v) is 1.81. The Morgan fingerprint density at radius 3 is 2.75 bits per heavy atom. The second kappa shape index (κ2) is 5.81. The standard InChI is InChI=1S/C10H19N3O3/c1-6-5-8(3-4-16-6)12-7(2)9(14)13-10(11)15/h6-8,12H,3-5H2,1-2H3,(H3,11,13,14,15). The van der Waals surface area contributed by atoms with Crippen molar-refractivity contribution in [1.82, 2.24) is 10.6 Å². The van der Waals surface area contributed by atoms with Gasteiger partial charge in [0.1, 0.15) is 0 Å². The van der Waals surface area contributed by atoms with Crippen LogP contribution in [0.15, 0.2) is 0 Å². The van der Waals surface area contributed by atoms with Gasteiger partial charge >= 0.3 is 6.03 Å². The zero-order valence-corrected chi connectivity index (χ0v) is 9.66. The van der Waals surface area contributed by atoms with Gasteiger partial charge in [0.2, 0.25) is 5.91 Å². The van der Waals surface area contributed by atoms with Crippen LogP contribution in [0.5, 0.6) is 0 Å². The summed E-state index contributed by atoms with van der Waals surface area (Å²) in [6.07, 6.45) is 1.95. The number of primary amides is 1. The van der Waals surface area contributed by atoms with Gasteiger partial charge < -0.3 is 15.8 Å². The minimum atomic E-state index is -0.820. The smallest absolute Gasteiger partial charge is 0.318 e. The van der Waals surface area contributed by atoms with Crippen molar-refractivity contribution in [3.8, 4) is 0 Å². The first-order chi connectivity index (χ1) is 7.49. The lowest BCUT2D eigenvalue weighted by molar-refractivity contribution is -0.122. The summed E-state index contributed by atoms with van der Waals surface area (Å²) in [4.78, 5) is 21.9. The van der Waals surface area contributed by atoms with E-state index in [1.165, 1.54) is 0 Å². The zero-order valence-electron chi connectivity index (χ0n) is 9.66. The zero-order chi connectivity index (χ0) is 12.1. The average Bonchev–Trinajstić information content (AvgIpc) is 2.16. The highest BCUT2D eigenvalue weighted by Crippen LogP contribution is 2.13. The molecule has 0 aromatic carbocycles. The molecule has 16 heavy (non-hydrogen) atoms. The number of ether oxygens (including phenoxy) is 1. The quantitative estimate of drug-likeness (QED) is 0.621. The van der Waals surface area contributed by atoms with Crippen LogP contribution >= 0.6 is 0 Å². The van der Waals surface area contributed by atoms with Gasteiger partial charge in [0.15, 0.2) is 0 Å². The molecule has 1 rings (SSSR count). The van der Waals surface area contributed by atoms with E-state index in [9.17, 15) is 9.59 Å². The SMILES string of the molecule is CC1CC(NC(C)C(=O)NC(N)=O)CCO1. The molecule has 92 valence electrons. The van der Waals surface area contributed by atoms with Crippen LogP contribution < -0.4 is 16.4 Å². The molecule has 1 saturated heterocycles. The molecule has 0 radical (unpaired) electrons. The first-order valence-electron chi connectivity index (χ1n) is 5.47. The van der Waals surface area contributed by atoms with Crippen LogP contribution in [0.2, 0.25) is 0 Å². The lowest BCUT2D eigenvalue weighted by atomic mass is 10.0. The molecule has 6 heteroatoms. The van der Waals surface area contributed by atoms with Crippen molar-refractivity contribution in [2.24, 2.45) is 5.73 Å². The van der Waals surface area contributed by atoms with E-state index < -0.39 is 18.0 Å².